The lowest BCUT2D eigenvalue weighted by molar-refractivity contribution is -0.138. The van der Waals surface area contributed by atoms with Gasteiger partial charge in [0, 0.05) is 31.7 Å². The average molecular weight is 383 g/mol. The van der Waals surface area contributed by atoms with E-state index in [0.717, 1.165) is 11.4 Å². The molecule has 0 spiro atoms. The molecule has 0 radical (unpaired) electrons. The number of para-hydroxylation sites is 1. The predicted molar refractivity (Wildman–Crippen MR) is 108 cm³/mol. The number of ether oxygens (including phenoxy) is 2. The van der Waals surface area contributed by atoms with E-state index in [1.165, 1.54) is 0 Å². The second kappa shape index (κ2) is 9.34. The Bertz CT molecular complexity index is 847. The topological polar surface area (TPSA) is 88.7 Å². The highest BCUT2D eigenvalue weighted by Crippen LogP contribution is 2.32. The molecule has 28 heavy (non-hydrogen) atoms. The molecule has 0 bridgehead atoms. The van der Waals surface area contributed by atoms with Crippen LogP contribution in [0.2, 0.25) is 0 Å². The minimum Gasteiger partial charge on any atom is -0.353 e. The van der Waals surface area contributed by atoms with Gasteiger partial charge in [-0.1, -0.05) is 12.1 Å². The molecule has 0 unspecified atom stereocenters. The van der Waals surface area contributed by atoms with Crippen LogP contribution < -0.4 is 16.0 Å². The molecule has 0 aromatic heterocycles. The number of hydrogen-bond donors (Lipinski definition) is 3. The van der Waals surface area contributed by atoms with E-state index in [0.29, 0.717) is 43.0 Å². The van der Waals surface area contributed by atoms with Gasteiger partial charge < -0.3 is 25.4 Å². The first kappa shape index (κ1) is 19.9. The SMILES string of the molecule is CCOC(CCNC(=O)c1ccc2c(c1)NC(=O)c1ccccc1N2)OCC. The first-order valence-electron chi connectivity index (χ1n) is 9.45. The first-order valence-corrected chi connectivity index (χ1v) is 9.45. The number of anilines is 3. The molecule has 2 amide bonds. The summed E-state index contributed by atoms with van der Waals surface area (Å²) in [5.74, 6) is -0.429. The van der Waals surface area contributed by atoms with E-state index in [4.69, 9.17) is 9.47 Å². The van der Waals surface area contributed by atoms with Crippen LogP contribution in [0.4, 0.5) is 17.1 Å². The Morgan fingerprint density at radius 3 is 2.50 bits per heavy atom. The van der Waals surface area contributed by atoms with Crippen molar-refractivity contribution in [1.82, 2.24) is 5.32 Å². The second-order valence-electron chi connectivity index (χ2n) is 6.27. The molecule has 3 rings (SSSR count). The Kier molecular flexibility index (Phi) is 6.62. The van der Waals surface area contributed by atoms with E-state index in [1.54, 1.807) is 24.3 Å². The predicted octanol–water partition coefficient (Wildman–Crippen LogP) is 3.51. The van der Waals surface area contributed by atoms with Crippen molar-refractivity contribution in [3.05, 3.63) is 53.6 Å². The van der Waals surface area contributed by atoms with Crippen LogP contribution in [0.3, 0.4) is 0 Å². The summed E-state index contributed by atoms with van der Waals surface area (Å²) in [6.07, 6.45) is 0.232. The Labute approximate surface area is 164 Å². The molecule has 0 aliphatic carbocycles. The summed E-state index contributed by atoms with van der Waals surface area (Å²) in [6, 6.07) is 12.5. The molecule has 7 nitrogen and oxygen atoms in total. The van der Waals surface area contributed by atoms with Crippen LogP contribution >= 0.6 is 0 Å². The van der Waals surface area contributed by atoms with Gasteiger partial charge in [0.2, 0.25) is 0 Å². The van der Waals surface area contributed by atoms with Gasteiger partial charge in [-0.05, 0) is 44.2 Å². The minimum atomic E-state index is -0.329. The fourth-order valence-corrected chi connectivity index (χ4v) is 3.01. The summed E-state index contributed by atoms with van der Waals surface area (Å²) in [5, 5.41) is 8.96. The molecular weight excluding hydrogens is 358 g/mol. The van der Waals surface area contributed by atoms with Crippen molar-refractivity contribution in [2.24, 2.45) is 0 Å². The summed E-state index contributed by atoms with van der Waals surface area (Å²) < 4.78 is 10.9. The Hall–Kier alpha value is -2.90. The van der Waals surface area contributed by atoms with E-state index >= 15 is 0 Å². The molecule has 1 aliphatic heterocycles. The Morgan fingerprint density at radius 1 is 1.00 bits per heavy atom. The van der Waals surface area contributed by atoms with Crippen molar-refractivity contribution in [1.29, 1.82) is 0 Å². The second-order valence-corrected chi connectivity index (χ2v) is 6.27. The lowest BCUT2D eigenvalue weighted by Crippen LogP contribution is -2.29. The van der Waals surface area contributed by atoms with E-state index in [-0.39, 0.29) is 18.1 Å². The van der Waals surface area contributed by atoms with Crippen molar-refractivity contribution in [3.8, 4) is 0 Å². The molecule has 0 saturated heterocycles. The number of carbonyl (C=O) groups is 2. The molecule has 1 heterocycles. The maximum absolute atomic E-state index is 12.5. The Balaban J connectivity index is 1.66. The highest BCUT2D eigenvalue weighted by Gasteiger charge is 2.19. The summed E-state index contributed by atoms with van der Waals surface area (Å²) >= 11 is 0. The van der Waals surface area contributed by atoms with E-state index < -0.39 is 0 Å². The molecule has 0 fully saturated rings. The van der Waals surface area contributed by atoms with Crippen molar-refractivity contribution >= 4 is 28.9 Å². The van der Waals surface area contributed by atoms with Crippen LogP contribution in [0, 0.1) is 0 Å². The van der Waals surface area contributed by atoms with Crippen molar-refractivity contribution < 1.29 is 19.1 Å². The molecule has 1 aliphatic rings. The maximum Gasteiger partial charge on any atom is 0.257 e. The summed E-state index contributed by atoms with van der Waals surface area (Å²) in [6.45, 7) is 5.34. The minimum absolute atomic E-state index is 0.212. The normalized spacial score (nSPS) is 12.5. The van der Waals surface area contributed by atoms with Crippen molar-refractivity contribution in [2.45, 2.75) is 26.6 Å². The molecule has 148 valence electrons. The fourth-order valence-electron chi connectivity index (χ4n) is 3.01. The summed E-state index contributed by atoms with van der Waals surface area (Å²) in [4.78, 5) is 24.9. The van der Waals surface area contributed by atoms with Crippen LogP contribution in [0.15, 0.2) is 42.5 Å². The van der Waals surface area contributed by atoms with Crippen LogP contribution in [0.5, 0.6) is 0 Å². The molecule has 2 aromatic rings. The summed E-state index contributed by atoms with van der Waals surface area (Å²) in [5.41, 5.74) is 3.06. The number of benzene rings is 2. The lowest BCUT2D eigenvalue weighted by Gasteiger charge is -2.17. The standard InChI is InChI=1S/C21H25N3O4/c1-3-27-19(28-4-2)11-12-22-20(25)14-9-10-17-18(13-14)24-21(26)15-7-5-6-8-16(15)23-17/h5-10,13,19,23H,3-4,11-12H2,1-2H3,(H,22,25)(H,24,26). The van der Waals surface area contributed by atoms with Gasteiger partial charge in [-0.25, -0.2) is 0 Å². The first-order chi connectivity index (χ1) is 13.6. The van der Waals surface area contributed by atoms with Crippen molar-refractivity contribution in [3.63, 3.8) is 0 Å². The van der Waals surface area contributed by atoms with Gasteiger partial charge in [0.15, 0.2) is 6.29 Å². The van der Waals surface area contributed by atoms with Gasteiger partial charge in [0.1, 0.15) is 0 Å². The van der Waals surface area contributed by atoms with Crippen LogP contribution in [0.1, 0.15) is 41.0 Å². The maximum atomic E-state index is 12.5. The number of carbonyl (C=O) groups excluding carboxylic acids is 2. The number of hydrogen-bond acceptors (Lipinski definition) is 5. The van der Waals surface area contributed by atoms with Crippen LogP contribution in [-0.2, 0) is 9.47 Å². The molecular formula is C21H25N3O4. The van der Waals surface area contributed by atoms with Crippen molar-refractivity contribution in [2.75, 3.05) is 30.4 Å². The average Bonchev–Trinajstić information content (AvgIpc) is 2.83. The number of fused-ring (bicyclic) bond motifs is 2. The molecule has 3 N–H and O–H groups in total. The number of amides is 2. The highest BCUT2D eigenvalue weighted by atomic mass is 16.7. The zero-order valence-electron chi connectivity index (χ0n) is 16.1. The third-order valence-electron chi connectivity index (χ3n) is 4.34. The van der Waals surface area contributed by atoms with Gasteiger partial charge in [0.05, 0.1) is 22.6 Å². The third kappa shape index (κ3) is 4.68. The molecule has 0 saturated carbocycles. The largest absolute Gasteiger partial charge is 0.353 e. The van der Waals surface area contributed by atoms with Gasteiger partial charge in [-0.3, -0.25) is 9.59 Å². The van der Waals surface area contributed by atoms with Crippen LogP contribution in [0.25, 0.3) is 0 Å². The van der Waals surface area contributed by atoms with E-state index in [2.05, 4.69) is 16.0 Å². The van der Waals surface area contributed by atoms with Crippen LogP contribution in [-0.4, -0.2) is 37.9 Å². The van der Waals surface area contributed by atoms with Gasteiger partial charge in [-0.2, -0.15) is 0 Å². The third-order valence-corrected chi connectivity index (χ3v) is 4.34. The van der Waals surface area contributed by atoms with Gasteiger partial charge >= 0.3 is 0 Å². The highest BCUT2D eigenvalue weighted by molar-refractivity contribution is 6.12. The summed E-state index contributed by atoms with van der Waals surface area (Å²) in [7, 11) is 0. The fraction of sp³-hybridized carbons (Fsp3) is 0.333. The monoisotopic (exact) mass is 383 g/mol. The zero-order chi connectivity index (χ0) is 19.9. The van der Waals surface area contributed by atoms with Gasteiger partial charge in [-0.15, -0.1) is 0 Å². The Morgan fingerprint density at radius 2 is 1.75 bits per heavy atom. The van der Waals surface area contributed by atoms with E-state index in [9.17, 15) is 9.59 Å². The molecule has 2 aromatic carbocycles. The number of nitrogens with one attached hydrogen (secondary N) is 3. The van der Waals surface area contributed by atoms with Gasteiger partial charge in [0.25, 0.3) is 11.8 Å². The zero-order valence-corrected chi connectivity index (χ0v) is 16.1. The molecule has 7 heteroatoms. The van der Waals surface area contributed by atoms with E-state index in [1.807, 2.05) is 32.0 Å². The number of rotatable bonds is 8. The quantitative estimate of drug-likeness (QED) is 0.607. The molecule has 0 atom stereocenters. The smallest absolute Gasteiger partial charge is 0.257 e. The lowest BCUT2D eigenvalue weighted by atomic mass is 10.1.